The van der Waals surface area contributed by atoms with Crippen molar-refractivity contribution in [1.82, 2.24) is 0 Å². The summed E-state index contributed by atoms with van der Waals surface area (Å²) in [4.78, 5) is 0. The first-order chi connectivity index (χ1) is 8.58. The van der Waals surface area contributed by atoms with Crippen molar-refractivity contribution in [2.75, 3.05) is 7.11 Å². The Morgan fingerprint density at radius 1 is 1.22 bits per heavy atom. The largest absolute Gasteiger partial charge is 0.497 e. The summed E-state index contributed by atoms with van der Waals surface area (Å²) in [5.74, 6) is 1.71. The topological polar surface area (TPSA) is 9.23 Å². The van der Waals surface area contributed by atoms with Crippen LogP contribution < -0.4 is 9.92 Å². The molecule has 0 aliphatic carbocycles. The molecule has 0 heterocycles. The second-order valence-electron chi connectivity index (χ2n) is 5.28. The molecule has 0 spiro atoms. The van der Waals surface area contributed by atoms with Gasteiger partial charge in [0.15, 0.2) is 0 Å². The van der Waals surface area contributed by atoms with Gasteiger partial charge in [-0.05, 0) is 29.6 Å². The van der Waals surface area contributed by atoms with E-state index in [1.54, 1.807) is 7.11 Å². The number of hydrogen-bond acceptors (Lipinski definition) is 1. The molecule has 0 N–H and O–H groups in total. The van der Waals surface area contributed by atoms with Gasteiger partial charge in [0.25, 0.3) is 0 Å². The Hall–Kier alpha value is -1.02. The zero-order chi connectivity index (χ0) is 13.5. The second-order valence-corrected chi connectivity index (χ2v) is 8.30. The van der Waals surface area contributed by atoms with Gasteiger partial charge in [-0.2, -0.15) is 0 Å². The molecular formula is C16H25OSi. The van der Waals surface area contributed by atoms with Crippen LogP contribution >= 0.6 is 0 Å². The lowest BCUT2D eigenvalue weighted by Gasteiger charge is -2.23. The quantitative estimate of drug-likeness (QED) is 0.532. The molecule has 0 amide bonds. The zero-order valence-electron chi connectivity index (χ0n) is 12.1. The molecule has 0 aliphatic heterocycles. The summed E-state index contributed by atoms with van der Waals surface area (Å²) in [5, 5.41) is 1.49. The van der Waals surface area contributed by atoms with E-state index >= 15 is 0 Å². The van der Waals surface area contributed by atoms with E-state index in [9.17, 15) is 0 Å². The van der Waals surface area contributed by atoms with Crippen molar-refractivity contribution in [3.63, 3.8) is 0 Å². The first kappa shape index (κ1) is 15.0. The second kappa shape index (κ2) is 7.42. The molecular weight excluding hydrogens is 236 g/mol. The molecule has 2 heteroatoms. The van der Waals surface area contributed by atoms with Gasteiger partial charge in [0.1, 0.15) is 5.75 Å². The van der Waals surface area contributed by atoms with Crippen LogP contribution in [0.1, 0.15) is 27.2 Å². The molecule has 18 heavy (non-hydrogen) atoms. The monoisotopic (exact) mass is 261 g/mol. The third-order valence-corrected chi connectivity index (χ3v) is 6.47. The van der Waals surface area contributed by atoms with Crippen LogP contribution in [0.5, 0.6) is 5.75 Å². The Balaban J connectivity index is 2.85. The third-order valence-electron chi connectivity index (χ3n) is 3.24. The van der Waals surface area contributed by atoms with Gasteiger partial charge in [0.2, 0.25) is 0 Å². The highest BCUT2D eigenvalue weighted by Crippen LogP contribution is 2.23. The fourth-order valence-corrected chi connectivity index (χ4v) is 5.28. The molecule has 0 bridgehead atoms. The summed E-state index contributed by atoms with van der Waals surface area (Å²) in [6.07, 6.45) is 3.38. The maximum Gasteiger partial charge on any atom is 0.118 e. The number of methoxy groups -OCH3 is 1. The molecule has 0 aliphatic rings. The fraction of sp³-hybridized carbons (Fsp3) is 0.500. The fourth-order valence-electron chi connectivity index (χ4n) is 2.41. The summed E-state index contributed by atoms with van der Waals surface area (Å²) < 4.78 is 5.23. The van der Waals surface area contributed by atoms with Crippen molar-refractivity contribution in [2.45, 2.75) is 38.8 Å². The molecule has 1 aromatic carbocycles. The molecule has 99 valence electrons. The third kappa shape index (κ3) is 4.34. The standard InChI is InChI=1S/C16H25OSi/c1-6-11-18(14(4)12-13(2)3)16-9-7-15(17-5)8-10-16/h6-10,13-14H,1,11-12H2,2-5H3. The summed E-state index contributed by atoms with van der Waals surface area (Å²) in [6, 6.07) is 9.75. The average Bonchev–Trinajstić information content (AvgIpc) is 2.35. The minimum Gasteiger partial charge on any atom is -0.497 e. The molecule has 1 nitrogen and oxygen atoms in total. The maximum atomic E-state index is 5.23. The van der Waals surface area contributed by atoms with E-state index < -0.39 is 8.80 Å². The van der Waals surface area contributed by atoms with Crippen molar-refractivity contribution >= 4 is 14.0 Å². The lowest BCUT2D eigenvalue weighted by atomic mass is 10.1. The Morgan fingerprint density at radius 2 is 1.83 bits per heavy atom. The number of rotatable bonds is 7. The lowest BCUT2D eigenvalue weighted by molar-refractivity contribution is 0.415. The van der Waals surface area contributed by atoms with Gasteiger partial charge in [-0.25, -0.2) is 0 Å². The van der Waals surface area contributed by atoms with E-state index in [-0.39, 0.29) is 0 Å². The van der Waals surface area contributed by atoms with Crippen molar-refractivity contribution in [3.05, 3.63) is 36.9 Å². The molecule has 0 saturated heterocycles. The zero-order valence-corrected chi connectivity index (χ0v) is 13.1. The van der Waals surface area contributed by atoms with Gasteiger partial charge in [-0.1, -0.05) is 50.6 Å². The highest BCUT2D eigenvalue weighted by atomic mass is 28.3. The summed E-state index contributed by atoms with van der Waals surface area (Å²) in [6.45, 7) is 10.9. The SMILES string of the molecule is C=CC[Si](c1ccc(OC)cc1)C(C)CC(C)C. The predicted octanol–water partition coefficient (Wildman–Crippen LogP) is 4.02. The van der Waals surface area contributed by atoms with Crippen molar-refractivity contribution in [3.8, 4) is 5.75 Å². The van der Waals surface area contributed by atoms with Crippen LogP contribution in [0.4, 0.5) is 0 Å². The van der Waals surface area contributed by atoms with Gasteiger partial charge < -0.3 is 4.74 Å². The summed E-state index contributed by atoms with van der Waals surface area (Å²) in [7, 11) is 1.17. The average molecular weight is 261 g/mol. The van der Waals surface area contributed by atoms with Crippen LogP contribution in [0.15, 0.2) is 36.9 Å². The molecule has 1 unspecified atom stereocenters. The highest BCUT2D eigenvalue weighted by Gasteiger charge is 2.21. The van der Waals surface area contributed by atoms with Crippen LogP contribution in [0.25, 0.3) is 0 Å². The number of hydrogen-bond donors (Lipinski definition) is 0. The molecule has 1 radical (unpaired) electrons. The minimum absolute atomic E-state index is 0.544. The molecule has 1 aromatic rings. The summed E-state index contributed by atoms with van der Waals surface area (Å²) in [5.41, 5.74) is 0.779. The molecule has 1 rings (SSSR count). The van der Waals surface area contributed by atoms with Crippen LogP contribution in [0, 0.1) is 5.92 Å². The van der Waals surface area contributed by atoms with Gasteiger partial charge in [-0.15, -0.1) is 6.58 Å². The van der Waals surface area contributed by atoms with Gasteiger partial charge in [0.05, 0.1) is 15.9 Å². The molecule has 0 fully saturated rings. The Morgan fingerprint density at radius 3 is 2.28 bits per heavy atom. The van der Waals surface area contributed by atoms with Crippen LogP contribution in [0.2, 0.25) is 11.6 Å². The lowest BCUT2D eigenvalue weighted by Crippen LogP contribution is -2.33. The normalized spacial score (nSPS) is 12.8. The highest BCUT2D eigenvalue weighted by molar-refractivity contribution is 6.74. The van der Waals surface area contributed by atoms with E-state index in [0.717, 1.165) is 23.3 Å². The van der Waals surface area contributed by atoms with E-state index in [2.05, 4.69) is 57.7 Å². The van der Waals surface area contributed by atoms with Crippen molar-refractivity contribution in [2.24, 2.45) is 5.92 Å². The van der Waals surface area contributed by atoms with E-state index in [1.807, 2.05) is 0 Å². The Bertz CT molecular complexity index is 356. The Kier molecular flexibility index (Phi) is 6.20. The number of benzene rings is 1. The number of allylic oxidation sites excluding steroid dienone is 1. The van der Waals surface area contributed by atoms with Gasteiger partial charge >= 0.3 is 0 Å². The van der Waals surface area contributed by atoms with Crippen molar-refractivity contribution in [1.29, 1.82) is 0 Å². The van der Waals surface area contributed by atoms with Crippen LogP contribution in [0.3, 0.4) is 0 Å². The van der Waals surface area contributed by atoms with Crippen molar-refractivity contribution < 1.29 is 4.74 Å². The first-order valence-corrected chi connectivity index (χ1v) is 8.48. The van der Waals surface area contributed by atoms with E-state index in [1.165, 1.54) is 11.6 Å². The van der Waals surface area contributed by atoms with E-state index in [0.29, 0.717) is 0 Å². The van der Waals surface area contributed by atoms with Gasteiger partial charge in [-0.3, -0.25) is 0 Å². The molecule has 0 aromatic heterocycles. The van der Waals surface area contributed by atoms with Crippen LogP contribution in [-0.2, 0) is 0 Å². The summed E-state index contributed by atoms with van der Waals surface area (Å²) >= 11 is 0. The number of ether oxygens (including phenoxy) is 1. The predicted molar refractivity (Wildman–Crippen MR) is 82.3 cm³/mol. The molecule has 1 atom stereocenters. The van der Waals surface area contributed by atoms with Crippen LogP contribution in [-0.4, -0.2) is 15.9 Å². The molecule has 0 saturated carbocycles. The minimum atomic E-state index is -0.544. The van der Waals surface area contributed by atoms with Gasteiger partial charge in [0, 0.05) is 0 Å². The maximum absolute atomic E-state index is 5.23. The Labute approximate surface area is 113 Å². The van der Waals surface area contributed by atoms with E-state index in [4.69, 9.17) is 4.74 Å². The first-order valence-electron chi connectivity index (χ1n) is 6.69. The smallest absolute Gasteiger partial charge is 0.118 e.